The van der Waals surface area contributed by atoms with Crippen LogP contribution in [0.4, 0.5) is 0 Å². The van der Waals surface area contributed by atoms with Gasteiger partial charge < -0.3 is 15.0 Å². The van der Waals surface area contributed by atoms with Crippen LogP contribution < -0.4 is 5.32 Å². The smallest absolute Gasteiger partial charge is 0.231 e. The molecule has 3 rings (SSSR count). The first-order chi connectivity index (χ1) is 22.0. The molecule has 2 heterocycles. The van der Waals surface area contributed by atoms with Gasteiger partial charge in [0.2, 0.25) is 11.9 Å². The second-order valence-electron chi connectivity index (χ2n) is 13.4. The van der Waals surface area contributed by atoms with Crippen LogP contribution in [0.1, 0.15) is 82.1 Å². The van der Waals surface area contributed by atoms with E-state index in [0.29, 0.717) is 31.6 Å². The monoisotopic (exact) mass is 634 g/mol. The van der Waals surface area contributed by atoms with E-state index in [2.05, 4.69) is 95.9 Å². The predicted octanol–water partition coefficient (Wildman–Crippen LogP) is 6.30. The fraction of sp³-hybridized carbons (Fsp3) is 0.658. The lowest BCUT2D eigenvalue weighted by Gasteiger charge is -2.41. The number of likely N-dealkylation sites (tertiary alicyclic amines) is 1. The standard InChI is InChI=1S/C38H62N6O2/c1-11-20-44-36(17-15-16-28(6)33(37(44)45)26-32-29(7)19-18-27(5)31(32)9)41-38(39-13-3)40-30(8)25-35(46-14-4)34(12-2)43-23-21-42(10)22-24-43/h11,13,18-19,28,30,33-35H,1,3,12,14-17,20-26H2,2,4-10H3,(H,39,40). The van der Waals surface area contributed by atoms with Gasteiger partial charge in [0.1, 0.15) is 5.84 Å². The van der Waals surface area contributed by atoms with E-state index in [1.807, 2.05) is 4.90 Å². The Morgan fingerprint density at radius 3 is 2.46 bits per heavy atom. The van der Waals surface area contributed by atoms with Crippen LogP contribution in [-0.2, 0) is 16.0 Å². The Morgan fingerprint density at radius 1 is 1.13 bits per heavy atom. The number of hydrogen-bond donors (Lipinski definition) is 1. The van der Waals surface area contributed by atoms with E-state index >= 15 is 0 Å². The molecule has 2 saturated heterocycles. The number of carbonyl (C=O) groups is 1. The van der Waals surface area contributed by atoms with Crippen LogP contribution in [0.3, 0.4) is 0 Å². The molecule has 46 heavy (non-hydrogen) atoms. The third kappa shape index (κ3) is 10.1. The number of nitrogens with zero attached hydrogens (tertiary/aromatic N) is 5. The molecule has 0 spiro atoms. The van der Waals surface area contributed by atoms with Crippen molar-refractivity contribution in [3.05, 3.63) is 59.8 Å². The van der Waals surface area contributed by atoms with Gasteiger partial charge in [0, 0.05) is 57.7 Å². The first-order valence-corrected chi connectivity index (χ1v) is 17.6. The summed E-state index contributed by atoms with van der Waals surface area (Å²) in [6.45, 7) is 28.4. The molecule has 2 aliphatic rings. The molecule has 1 aromatic carbocycles. The fourth-order valence-corrected chi connectivity index (χ4v) is 7.13. The number of nitrogens with one attached hydrogen (secondary N) is 1. The average molecular weight is 635 g/mol. The van der Waals surface area contributed by atoms with Crippen LogP contribution in [0, 0.1) is 32.6 Å². The Labute approximate surface area is 280 Å². The lowest BCUT2D eigenvalue weighted by molar-refractivity contribution is -0.133. The van der Waals surface area contributed by atoms with Crippen LogP contribution in [0.15, 0.2) is 47.6 Å². The second kappa shape index (κ2) is 18.5. The highest BCUT2D eigenvalue weighted by atomic mass is 16.5. The molecule has 8 heteroatoms. The lowest BCUT2D eigenvalue weighted by Crippen LogP contribution is -2.53. The van der Waals surface area contributed by atoms with E-state index in [9.17, 15) is 4.79 Å². The summed E-state index contributed by atoms with van der Waals surface area (Å²) in [5.74, 6) is 1.47. The van der Waals surface area contributed by atoms with Crippen molar-refractivity contribution in [3.8, 4) is 0 Å². The molecule has 1 amide bonds. The van der Waals surface area contributed by atoms with Crippen LogP contribution in [0.5, 0.6) is 0 Å². The van der Waals surface area contributed by atoms with E-state index < -0.39 is 0 Å². The normalized spacial score (nSPS) is 23.5. The number of piperazine rings is 1. The molecular weight excluding hydrogens is 572 g/mol. The maximum atomic E-state index is 14.4. The summed E-state index contributed by atoms with van der Waals surface area (Å²) in [7, 11) is 2.19. The number of guanidine groups is 1. The number of rotatable bonds is 13. The minimum absolute atomic E-state index is 0.0398. The summed E-state index contributed by atoms with van der Waals surface area (Å²) in [6.07, 6.45) is 8.67. The van der Waals surface area contributed by atoms with Crippen molar-refractivity contribution in [2.24, 2.45) is 21.8 Å². The number of hydrogen-bond acceptors (Lipinski definition) is 5. The van der Waals surface area contributed by atoms with Gasteiger partial charge in [-0.15, -0.1) is 6.58 Å². The molecule has 5 atom stereocenters. The first-order valence-electron chi connectivity index (χ1n) is 17.6. The van der Waals surface area contributed by atoms with E-state index in [4.69, 9.17) is 14.7 Å². The minimum Gasteiger partial charge on any atom is -0.377 e. The third-order valence-corrected chi connectivity index (χ3v) is 10.1. The SMILES string of the molecule is C=CCN1C(=O)C(Cc2c(C)ccc(C)c2C)C(C)CCCC1=NC(=NC(C)CC(OCC)C(CC)N1CCN(C)CC1)NC=C. The number of amidine groups is 1. The van der Waals surface area contributed by atoms with Gasteiger partial charge in [-0.1, -0.05) is 38.6 Å². The zero-order chi connectivity index (χ0) is 33.8. The number of carbonyl (C=O) groups excluding carboxylic acids is 1. The number of aryl methyl sites for hydroxylation is 2. The van der Waals surface area contributed by atoms with Gasteiger partial charge in [-0.25, -0.2) is 4.99 Å². The van der Waals surface area contributed by atoms with Crippen LogP contribution >= 0.6 is 0 Å². The summed E-state index contributed by atoms with van der Waals surface area (Å²) in [5.41, 5.74) is 5.09. The Hall–Kier alpha value is -2.81. The van der Waals surface area contributed by atoms with Gasteiger partial charge in [-0.3, -0.25) is 14.6 Å². The van der Waals surface area contributed by atoms with Crippen molar-refractivity contribution in [2.75, 3.05) is 46.4 Å². The molecule has 2 fully saturated rings. The maximum absolute atomic E-state index is 14.4. The number of ether oxygens (including phenoxy) is 1. The Morgan fingerprint density at radius 2 is 1.83 bits per heavy atom. The van der Waals surface area contributed by atoms with Crippen molar-refractivity contribution < 1.29 is 9.53 Å². The fourth-order valence-electron chi connectivity index (χ4n) is 7.13. The number of amides is 1. The molecular formula is C38H62N6O2. The predicted molar refractivity (Wildman–Crippen MR) is 194 cm³/mol. The zero-order valence-corrected chi connectivity index (χ0v) is 30.1. The summed E-state index contributed by atoms with van der Waals surface area (Å²) in [4.78, 5) is 31.3. The van der Waals surface area contributed by atoms with Crippen LogP contribution in [-0.4, -0.2) is 97.0 Å². The quantitative estimate of drug-likeness (QED) is 0.157. The summed E-state index contributed by atoms with van der Waals surface area (Å²) in [6, 6.07) is 4.66. The molecule has 256 valence electrons. The summed E-state index contributed by atoms with van der Waals surface area (Å²) in [5, 5.41) is 3.18. The topological polar surface area (TPSA) is 72.8 Å². The van der Waals surface area contributed by atoms with Gasteiger partial charge in [0.15, 0.2) is 0 Å². The Bertz CT molecular complexity index is 1220. The lowest BCUT2D eigenvalue weighted by atomic mass is 9.80. The molecule has 2 aliphatic heterocycles. The van der Waals surface area contributed by atoms with Gasteiger partial charge in [-0.2, -0.15) is 4.99 Å². The Balaban J connectivity index is 1.89. The molecule has 8 nitrogen and oxygen atoms in total. The van der Waals surface area contributed by atoms with Crippen molar-refractivity contribution in [1.29, 1.82) is 0 Å². The number of likely N-dealkylation sites (N-methyl/N-ethyl adjacent to an activating group) is 1. The second-order valence-corrected chi connectivity index (χ2v) is 13.4. The third-order valence-electron chi connectivity index (χ3n) is 10.1. The highest BCUT2D eigenvalue weighted by Crippen LogP contribution is 2.31. The maximum Gasteiger partial charge on any atom is 0.231 e. The van der Waals surface area contributed by atoms with Gasteiger partial charge in [0.25, 0.3) is 0 Å². The summed E-state index contributed by atoms with van der Waals surface area (Å²) >= 11 is 0. The van der Waals surface area contributed by atoms with Crippen molar-refractivity contribution in [2.45, 2.75) is 105 Å². The summed E-state index contributed by atoms with van der Waals surface area (Å²) < 4.78 is 6.36. The Kier molecular flexibility index (Phi) is 15.1. The van der Waals surface area contributed by atoms with Crippen molar-refractivity contribution in [1.82, 2.24) is 20.0 Å². The number of aliphatic imine (C=N–C) groups is 2. The van der Waals surface area contributed by atoms with Crippen LogP contribution in [0.2, 0.25) is 0 Å². The van der Waals surface area contributed by atoms with Gasteiger partial charge in [-0.05, 0) is 108 Å². The molecule has 0 bridgehead atoms. The van der Waals surface area contributed by atoms with Gasteiger partial charge in [0.05, 0.1) is 12.1 Å². The van der Waals surface area contributed by atoms with Crippen LogP contribution in [0.25, 0.3) is 0 Å². The molecule has 1 N–H and O–H groups in total. The van der Waals surface area contributed by atoms with E-state index in [-0.39, 0.29) is 29.9 Å². The zero-order valence-electron chi connectivity index (χ0n) is 30.1. The molecule has 5 unspecified atom stereocenters. The number of benzene rings is 1. The average Bonchev–Trinajstić information content (AvgIpc) is 3.02. The van der Waals surface area contributed by atoms with Gasteiger partial charge >= 0.3 is 0 Å². The largest absolute Gasteiger partial charge is 0.377 e. The molecule has 0 radical (unpaired) electrons. The molecule has 0 aliphatic carbocycles. The van der Waals surface area contributed by atoms with E-state index in [0.717, 1.165) is 64.1 Å². The van der Waals surface area contributed by atoms with E-state index in [1.54, 1.807) is 12.3 Å². The minimum atomic E-state index is -0.135. The van der Waals surface area contributed by atoms with Crippen molar-refractivity contribution >= 4 is 17.7 Å². The highest BCUT2D eigenvalue weighted by Gasteiger charge is 2.34. The molecule has 0 aromatic heterocycles. The van der Waals surface area contributed by atoms with E-state index in [1.165, 1.54) is 22.3 Å². The van der Waals surface area contributed by atoms with Crippen molar-refractivity contribution in [3.63, 3.8) is 0 Å². The first kappa shape index (κ1) is 37.6. The molecule has 1 aromatic rings. The highest BCUT2D eigenvalue weighted by molar-refractivity contribution is 6.05. The molecule has 0 saturated carbocycles.